The van der Waals surface area contributed by atoms with Crippen molar-refractivity contribution in [2.45, 2.75) is 0 Å². The number of benzene rings is 7. The van der Waals surface area contributed by atoms with Crippen molar-refractivity contribution in [3.63, 3.8) is 0 Å². The topological polar surface area (TPSA) is 48.8 Å². The lowest BCUT2D eigenvalue weighted by Gasteiger charge is -2.12. The number of furan rings is 1. The van der Waals surface area contributed by atoms with E-state index in [1.165, 1.54) is 10.8 Å². The molecule has 0 aliphatic heterocycles. The van der Waals surface area contributed by atoms with Crippen LogP contribution >= 0.6 is 0 Å². The molecule has 11 aromatic rings. The molecule has 0 aliphatic carbocycles. The van der Waals surface area contributed by atoms with Crippen LogP contribution in [-0.4, -0.2) is 19.1 Å². The lowest BCUT2D eigenvalue weighted by Crippen LogP contribution is -2.02. The molecule has 5 heteroatoms. The average molecular weight is 653 g/mol. The zero-order valence-corrected chi connectivity index (χ0v) is 27.4. The summed E-state index contributed by atoms with van der Waals surface area (Å²) < 4.78 is 11.1. The van der Waals surface area contributed by atoms with E-state index in [4.69, 9.17) is 14.4 Å². The third-order valence-electron chi connectivity index (χ3n) is 10.1. The maximum absolute atomic E-state index is 6.43. The van der Waals surface area contributed by atoms with E-state index in [1.54, 1.807) is 0 Å². The Morgan fingerprint density at radius 3 is 1.84 bits per heavy atom. The first-order chi connectivity index (χ1) is 25.3. The molecule has 0 unspecified atom stereocenters. The van der Waals surface area contributed by atoms with Gasteiger partial charge in [0.25, 0.3) is 0 Å². The second-order valence-corrected chi connectivity index (χ2v) is 13.0. The summed E-state index contributed by atoms with van der Waals surface area (Å²) in [6.07, 6.45) is 0. The van der Waals surface area contributed by atoms with Gasteiger partial charge in [-0.1, -0.05) is 115 Å². The summed E-state index contributed by atoms with van der Waals surface area (Å²) in [6.45, 7) is 0. The van der Waals surface area contributed by atoms with E-state index in [0.29, 0.717) is 5.82 Å². The molecule has 4 heterocycles. The highest BCUT2D eigenvalue weighted by Gasteiger charge is 2.23. The minimum Gasteiger partial charge on any atom is -0.456 e. The standard InChI is InChI=1S/C46H28N4O/c1-4-14-29(15-5-1)36-28-43(48-46(47-36)30-16-6-2-7-17-30)50-37-22-12-10-20-32(37)34-26-40-35(27-39(34)50)44-38(49(40)31-18-8-3-9-19-31)24-25-42-45(44)33-21-11-13-23-41(33)51-42/h1-28H. The van der Waals surface area contributed by atoms with Crippen molar-refractivity contribution in [2.75, 3.05) is 0 Å². The molecule has 0 bridgehead atoms. The predicted molar refractivity (Wildman–Crippen MR) is 209 cm³/mol. The van der Waals surface area contributed by atoms with Crippen molar-refractivity contribution in [1.29, 1.82) is 0 Å². The Morgan fingerprint density at radius 1 is 0.392 bits per heavy atom. The van der Waals surface area contributed by atoms with Gasteiger partial charge in [-0.3, -0.25) is 4.57 Å². The summed E-state index contributed by atoms with van der Waals surface area (Å²) in [5.41, 5.74) is 10.2. The van der Waals surface area contributed by atoms with E-state index in [0.717, 1.165) is 83.1 Å². The molecule has 11 rings (SSSR count). The predicted octanol–water partition coefficient (Wildman–Crippen LogP) is 11.9. The first-order valence-electron chi connectivity index (χ1n) is 17.2. The molecule has 0 saturated carbocycles. The summed E-state index contributed by atoms with van der Waals surface area (Å²) in [5.74, 6) is 1.50. The van der Waals surface area contributed by atoms with E-state index in [-0.39, 0.29) is 0 Å². The number of aromatic nitrogens is 4. The van der Waals surface area contributed by atoms with Gasteiger partial charge in [0.1, 0.15) is 17.0 Å². The average Bonchev–Trinajstić information content (AvgIpc) is 3.85. The van der Waals surface area contributed by atoms with Gasteiger partial charge in [-0.05, 0) is 48.5 Å². The van der Waals surface area contributed by atoms with Crippen LogP contribution in [0.5, 0.6) is 0 Å². The van der Waals surface area contributed by atoms with Crippen LogP contribution in [0.15, 0.2) is 174 Å². The lowest BCUT2D eigenvalue weighted by molar-refractivity contribution is 0.669. The molecule has 0 N–H and O–H groups in total. The summed E-state index contributed by atoms with van der Waals surface area (Å²) >= 11 is 0. The number of fused-ring (bicyclic) bond motifs is 10. The Labute approximate surface area is 292 Å². The van der Waals surface area contributed by atoms with Crippen LogP contribution in [0.3, 0.4) is 0 Å². The van der Waals surface area contributed by atoms with E-state index < -0.39 is 0 Å². The van der Waals surface area contributed by atoms with Crippen LogP contribution in [0.25, 0.3) is 99.7 Å². The minimum atomic E-state index is 0.686. The van der Waals surface area contributed by atoms with Crippen molar-refractivity contribution in [1.82, 2.24) is 19.1 Å². The first-order valence-corrected chi connectivity index (χ1v) is 17.2. The fourth-order valence-electron chi connectivity index (χ4n) is 7.91. The summed E-state index contributed by atoms with van der Waals surface area (Å²) in [4.78, 5) is 10.4. The van der Waals surface area contributed by atoms with E-state index >= 15 is 0 Å². The van der Waals surface area contributed by atoms with Gasteiger partial charge in [-0.25, -0.2) is 9.97 Å². The number of para-hydroxylation sites is 3. The number of hydrogen-bond acceptors (Lipinski definition) is 3. The quantitative estimate of drug-likeness (QED) is 0.190. The van der Waals surface area contributed by atoms with E-state index in [2.05, 4.69) is 149 Å². The Hall–Kier alpha value is -6.98. The summed E-state index contributed by atoms with van der Waals surface area (Å²) in [5, 5.41) is 6.90. The molecule has 0 spiro atoms. The van der Waals surface area contributed by atoms with Gasteiger partial charge in [0.05, 0.1) is 27.8 Å². The van der Waals surface area contributed by atoms with Gasteiger partial charge in [0, 0.05) is 55.2 Å². The SMILES string of the molecule is c1ccc(-c2cc(-n3c4ccccc4c4cc5c(cc43)c3c4c(ccc3n5-c3ccccc3)oc3ccccc34)nc(-c3ccccc3)n2)cc1. The highest BCUT2D eigenvalue weighted by Crippen LogP contribution is 2.44. The highest BCUT2D eigenvalue weighted by atomic mass is 16.3. The smallest absolute Gasteiger partial charge is 0.162 e. The van der Waals surface area contributed by atoms with Crippen LogP contribution < -0.4 is 0 Å². The fourth-order valence-corrected chi connectivity index (χ4v) is 7.91. The largest absolute Gasteiger partial charge is 0.456 e. The highest BCUT2D eigenvalue weighted by molar-refractivity contribution is 6.29. The van der Waals surface area contributed by atoms with E-state index in [9.17, 15) is 0 Å². The molecular weight excluding hydrogens is 625 g/mol. The van der Waals surface area contributed by atoms with Crippen LogP contribution in [0.4, 0.5) is 0 Å². The molecule has 0 fully saturated rings. The Balaban J connectivity index is 1.31. The monoisotopic (exact) mass is 652 g/mol. The molecular formula is C46H28N4O. The molecule has 4 aromatic heterocycles. The zero-order valence-electron chi connectivity index (χ0n) is 27.4. The van der Waals surface area contributed by atoms with Gasteiger partial charge in [0.15, 0.2) is 5.82 Å². The van der Waals surface area contributed by atoms with Gasteiger partial charge in [0.2, 0.25) is 0 Å². The lowest BCUT2D eigenvalue weighted by atomic mass is 10.0. The van der Waals surface area contributed by atoms with Crippen molar-refractivity contribution in [3.05, 3.63) is 170 Å². The van der Waals surface area contributed by atoms with Crippen LogP contribution in [0.2, 0.25) is 0 Å². The molecule has 0 radical (unpaired) electrons. The number of nitrogens with zero attached hydrogens (tertiary/aromatic N) is 4. The normalized spacial score (nSPS) is 11.9. The maximum Gasteiger partial charge on any atom is 0.162 e. The minimum absolute atomic E-state index is 0.686. The Bertz CT molecular complexity index is 3060. The maximum atomic E-state index is 6.43. The third-order valence-corrected chi connectivity index (χ3v) is 10.1. The molecule has 238 valence electrons. The van der Waals surface area contributed by atoms with Gasteiger partial charge >= 0.3 is 0 Å². The van der Waals surface area contributed by atoms with E-state index in [1.807, 2.05) is 30.3 Å². The van der Waals surface area contributed by atoms with Gasteiger partial charge < -0.3 is 8.98 Å². The third kappa shape index (κ3) is 4.15. The second-order valence-electron chi connectivity index (χ2n) is 13.0. The van der Waals surface area contributed by atoms with Crippen molar-refractivity contribution < 1.29 is 4.42 Å². The van der Waals surface area contributed by atoms with Crippen molar-refractivity contribution in [3.8, 4) is 34.2 Å². The second kappa shape index (κ2) is 10.8. The molecule has 5 nitrogen and oxygen atoms in total. The fraction of sp³-hybridized carbons (Fsp3) is 0. The Kier molecular flexibility index (Phi) is 5.89. The zero-order chi connectivity index (χ0) is 33.5. The van der Waals surface area contributed by atoms with Crippen molar-refractivity contribution >= 4 is 65.6 Å². The Morgan fingerprint density at radius 2 is 1.04 bits per heavy atom. The molecule has 0 aliphatic rings. The summed E-state index contributed by atoms with van der Waals surface area (Å²) in [6, 6.07) is 59.4. The molecule has 7 aromatic carbocycles. The molecule has 0 atom stereocenters. The molecule has 0 amide bonds. The molecule has 51 heavy (non-hydrogen) atoms. The van der Waals surface area contributed by atoms with Crippen molar-refractivity contribution in [2.24, 2.45) is 0 Å². The number of rotatable bonds is 4. The van der Waals surface area contributed by atoms with Gasteiger partial charge in [-0.15, -0.1) is 0 Å². The first kappa shape index (κ1) is 27.9. The van der Waals surface area contributed by atoms with Gasteiger partial charge in [-0.2, -0.15) is 0 Å². The van der Waals surface area contributed by atoms with Crippen LogP contribution in [-0.2, 0) is 0 Å². The van der Waals surface area contributed by atoms with Crippen LogP contribution in [0.1, 0.15) is 0 Å². The number of hydrogen-bond donors (Lipinski definition) is 0. The van der Waals surface area contributed by atoms with Crippen LogP contribution in [0, 0.1) is 0 Å². The molecule has 0 saturated heterocycles. The summed E-state index contributed by atoms with van der Waals surface area (Å²) in [7, 11) is 0.